The summed E-state index contributed by atoms with van der Waals surface area (Å²) in [6, 6.07) is 11.1. The highest BCUT2D eigenvalue weighted by Crippen LogP contribution is 2.23. The molecule has 1 aromatic carbocycles. The van der Waals surface area contributed by atoms with Crippen LogP contribution in [0.25, 0.3) is 0 Å². The fourth-order valence-electron chi connectivity index (χ4n) is 2.14. The third kappa shape index (κ3) is 3.12. The third-order valence-corrected chi connectivity index (χ3v) is 5.16. The van der Waals surface area contributed by atoms with Crippen molar-refractivity contribution in [3.8, 4) is 6.07 Å². The van der Waals surface area contributed by atoms with Crippen molar-refractivity contribution in [2.24, 2.45) is 0 Å². The van der Waals surface area contributed by atoms with Gasteiger partial charge in [0.1, 0.15) is 11.4 Å². The van der Waals surface area contributed by atoms with E-state index in [9.17, 15) is 8.42 Å². The predicted octanol–water partition coefficient (Wildman–Crippen LogP) is 1.74. The lowest BCUT2D eigenvalue weighted by molar-refractivity contribution is 0.440. The lowest BCUT2D eigenvalue weighted by Gasteiger charge is -2.19. The van der Waals surface area contributed by atoms with Crippen LogP contribution in [-0.2, 0) is 16.6 Å². The molecule has 110 valence electrons. The van der Waals surface area contributed by atoms with Gasteiger partial charge in [-0.3, -0.25) is 5.10 Å². The van der Waals surface area contributed by atoms with E-state index < -0.39 is 10.0 Å². The Morgan fingerprint density at radius 2 is 1.95 bits per heavy atom. The summed E-state index contributed by atoms with van der Waals surface area (Å²) in [4.78, 5) is 0.147. The molecule has 0 fully saturated rings. The second-order valence-corrected chi connectivity index (χ2v) is 6.55. The number of benzene rings is 1. The highest BCUT2D eigenvalue weighted by molar-refractivity contribution is 7.89. The van der Waals surface area contributed by atoms with Crippen molar-refractivity contribution in [3.05, 3.63) is 47.3 Å². The Labute approximate surface area is 124 Å². The number of nitriles is 1. The number of H-pyrrole nitrogens is 1. The molecule has 0 amide bonds. The van der Waals surface area contributed by atoms with E-state index in [1.54, 1.807) is 13.8 Å². The van der Waals surface area contributed by atoms with Crippen LogP contribution in [0.5, 0.6) is 0 Å². The summed E-state index contributed by atoms with van der Waals surface area (Å²) < 4.78 is 26.6. The second kappa shape index (κ2) is 6.08. The first kappa shape index (κ1) is 15.2. The lowest BCUT2D eigenvalue weighted by atomic mass is 10.2. The molecule has 0 aliphatic carbocycles. The normalized spacial score (nSPS) is 11.5. The highest BCUT2D eigenvalue weighted by Gasteiger charge is 2.29. The molecule has 1 N–H and O–H groups in total. The van der Waals surface area contributed by atoms with Crippen LogP contribution in [0, 0.1) is 25.2 Å². The van der Waals surface area contributed by atoms with Crippen molar-refractivity contribution >= 4 is 10.0 Å². The number of hydrogen-bond donors (Lipinski definition) is 1. The molecule has 0 radical (unpaired) electrons. The minimum absolute atomic E-state index is 0.147. The van der Waals surface area contributed by atoms with Gasteiger partial charge in [-0.2, -0.15) is 14.7 Å². The van der Waals surface area contributed by atoms with Crippen molar-refractivity contribution in [2.75, 3.05) is 6.54 Å². The van der Waals surface area contributed by atoms with Crippen LogP contribution in [0.2, 0.25) is 0 Å². The number of aromatic amines is 1. The fourth-order valence-corrected chi connectivity index (χ4v) is 3.80. The minimum Gasteiger partial charge on any atom is -0.281 e. The van der Waals surface area contributed by atoms with E-state index in [2.05, 4.69) is 10.2 Å². The van der Waals surface area contributed by atoms with Crippen LogP contribution >= 0.6 is 0 Å². The van der Waals surface area contributed by atoms with Crippen molar-refractivity contribution in [1.29, 1.82) is 5.26 Å². The molecule has 0 atom stereocenters. The summed E-state index contributed by atoms with van der Waals surface area (Å²) >= 11 is 0. The number of sulfonamides is 1. The van der Waals surface area contributed by atoms with E-state index in [0.717, 1.165) is 9.87 Å². The number of hydrogen-bond acceptors (Lipinski definition) is 4. The van der Waals surface area contributed by atoms with E-state index in [1.807, 2.05) is 36.4 Å². The summed E-state index contributed by atoms with van der Waals surface area (Å²) in [5.41, 5.74) is 1.71. The molecule has 0 saturated heterocycles. The molecule has 2 aromatic rings. The van der Waals surface area contributed by atoms with E-state index in [1.165, 1.54) is 0 Å². The zero-order chi connectivity index (χ0) is 15.5. The second-order valence-electron chi connectivity index (χ2n) is 4.68. The molecule has 6 nitrogen and oxygen atoms in total. The van der Waals surface area contributed by atoms with Crippen molar-refractivity contribution in [2.45, 2.75) is 25.3 Å². The van der Waals surface area contributed by atoms with Gasteiger partial charge in [-0.1, -0.05) is 30.3 Å². The maximum absolute atomic E-state index is 12.7. The molecule has 2 rings (SSSR count). The Hall–Kier alpha value is -2.17. The van der Waals surface area contributed by atoms with Gasteiger partial charge in [-0.25, -0.2) is 8.42 Å². The van der Waals surface area contributed by atoms with Gasteiger partial charge in [0.25, 0.3) is 0 Å². The molecular weight excluding hydrogens is 288 g/mol. The minimum atomic E-state index is -3.76. The van der Waals surface area contributed by atoms with Crippen LogP contribution in [0.1, 0.15) is 17.0 Å². The SMILES string of the molecule is Cc1n[nH]c(C)c1S(=O)(=O)N(CC#N)Cc1ccccc1. The average Bonchev–Trinajstić information content (AvgIpc) is 2.79. The Bertz CT molecular complexity index is 741. The monoisotopic (exact) mass is 304 g/mol. The average molecular weight is 304 g/mol. The van der Waals surface area contributed by atoms with Gasteiger partial charge in [0.15, 0.2) is 0 Å². The summed E-state index contributed by atoms with van der Waals surface area (Å²) in [5.74, 6) is 0. The Morgan fingerprint density at radius 3 is 2.48 bits per heavy atom. The maximum atomic E-state index is 12.7. The number of nitrogens with one attached hydrogen (secondary N) is 1. The smallest absolute Gasteiger partial charge is 0.247 e. The van der Waals surface area contributed by atoms with Gasteiger partial charge >= 0.3 is 0 Å². The first-order valence-corrected chi connectivity index (χ1v) is 7.83. The van der Waals surface area contributed by atoms with Gasteiger partial charge in [0.05, 0.1) is 17.5 Å². The Morgan fingerprint density at radius 1 is 1.29 bits per heavy atom. The standard InChI is InChI=1S/C14H16N4O2S/c1-11-14(12(2)17-16-11)21(19,20)18(9-8-15)10-13-6-4-3-5-7-13/h3-7H,9-10H2,1-2H3,(H,16,17). The van der Waals surface area contributed by atoms with Crippen LogP contribution in [0.15, 0.2) is 35.2 Å². The zero-order valence-electron chi connectivity index (χ0n) is 11.9. The van der Waals surface area contributed by atoms with Gasteiger partial charge in [0, 0.05) is 6.54 Å². The zero-order valence-corrected chi connectivity index (χ0v) is 12.7. The maximum Gasteiger partial charge on any atom is 0.247 e. The number of aryl methyl sites for hydroxylation is 2. The Kier molecular flexibility index (Phi) is 4.40. The molecule has 0 unspecified atom stereocenters. The van der Waals surface area contributed by atoms with Gasteiger partial charge in [-0.15, -0.1) is 0 Å². The van der Waals surface area contributed by atoms with E-state index in [0.29, 0.717) is 11.4 Å². The predicted molar refractivity (Wildman–Crippen MR) is 77.7 cm³/mol. The highest BCUT2D eigenvalue weighted by atomic mass is 32.2. The van der Waals surface area contributed by atoms with Gasteiger partial charge in [-0.05, 0) is 19.4 Å². The molecule has 0 aliphatic heterocycles. The molecule has 1 aromatic heterocycles. The van der Waals surface area contributed by atoms with Crippen molar-refractivity contribution in [1.82, 2.24) is 14.5 Å². The van der Waals surface area contributed by atoms with E-state index in [-0.39, 0.29) is 18.0 Å². The van der Waals surface area contributed by atoms with E-state index >= 15 is 0 Å². The van der Waals surface area contributed by atoms with Gasteiger partial charge in [0.2, 0.25) is 10.0 Å². The summed E-state index contributed by atoms with van der Waals surface area (Å²) in [6.45, 7) is 3.23. The molecule has 0 aliphatic rings. The molecule has 1 heterocycles. The number of aromatic nitrogens is 2. The third-order valence-electron chi connectivity index (χ3n) is 3.11. The quantitative estimate of drug-likeness (QED) is 0.852. The molecule has 0 spiro atoms. The lowest BCUT2D eigenvalue weighted by Crippen LogP contribution is -2.31. The number of rotatable bonds is 5. The van der Waals surface area contributed by atoms with Crippen molar-refractivity contribution in [3.63, 3.8) is 0 Å². The topological polar surface area (TPSA) is 89.8 Å². The molecular formula is C14H16N4O2S. The summed E-state index contributed by atoms with van der Waals surface area (Å²) in [7, 11) is -3.76. The fraction of sp³-hybridized carbons (Fsp3) is 0.286. The van der Waals surface area contributed by atoms with Crippen LogP contribution in [-0.4, -0.2) is 29.5 Å². The van der Waals surface area contributed by atoms with Gasteiger partial charge < -0.3 is 0 Å². The summed E-state index contributed by atoms with van der Waals surface area (Å²) in [5, 5.41) is 15.5. The molecule has 21 heavy (non-hydrogen) atoms. The molecule has 0 saturated carbocycles. The Balaban J connectivity index is 2.40. The largest absolute Gasteiger partial charge is 0.281 e. The molecule has 0 bridgehead atoms. The van der Waals surface area contributed by atoms with Crippen molar-refractivity contribution < 1.29 is 8.42 Å². The first-order chi connectivity index (χ1) is 9.96. The first-order valence-electron chi connectivity index (χ1n) is 6.39. The van der Waals surface area contributed by atoms with Crippen LogP contribution in [0.4, 0.5) is 0 Å². The summed E-state index contributed by atoms with van der Waals surface area (Å²) in [6.07, 6.45) is 0. The van der Waals surface area contributed by atoms with Crippen LogP contribution in [0.3, 0.4) is 0 Å². The van der Waals surface area contributed by atoms with E-state index in [4.69, 9.17) is 5.26 Å². The molecule has 7 heteroatoms. The van der Waals surface area contributed by atoms with Crippen LogP contribution < -0.4 is 0 Å². The number of nitrogens with zero attached hydrogens (tertiary/aromatic N) is 3.